The third-order valence-electron chi connectivity index (χ3n) is 4.92. The first kappa shape index (κ1) is 19.8. The molecular weight excluding hydrogens is 405 g/mol. The molecule has 0 aliphatic carbocycles. The third-order valence-corrected chi connectivity index (χ3v) is 6.27. The van der Waals surface area contributed by atoms with Gasteiger partial charge in [-0.05, 0) is 42.8 Å². The van der Waals surface area contributed by atoms with E-state index in [4.69, 9.17) is 0 Å². The summed E-state index contributed by atoms with van der Waals surface area (Å²) in [5.41, 5.74) is 1.44. The Hall–Kier alpha value is -3.52. The maximum Gasteiger partial charge on any atom is 0.281 e. The fourth-order valence-electron chi connectivity index (χ4n) is 3.44. The average molecular weight is 423 g/mol. The molecule has 4 rings (SSSR count). The number of pyridine rings is 1. The summed E-state index contributed by atoms with van der Waals surface area (Å²) < 4.78 is 43.4. The average Bonchev–Trinajstić information content (AvgIpc) is 3.15. The van der Waals surface area contributed by atoms with Gasteiger partial charge in [0.1, 0.15) is 11.5 Å². The van der Waals surface area contributed by atoms with Gasteiger partial charge in [-0.15, -0.1) is 0 Å². The van der Waals surface area contributed by atoms with Crippen LogP contribution < -0.4 is 4.72 Å². The van der Waals surface area contributed by atoms with Gasteiger partial charge in [0.05, 0.1) is 16.5 Å². The number of fused-ring (bicyclic) bond motifs is 1. The number of carbonyl (C=O) groups excluding carboxylic acids is 1. The number of rotatable bonds is 5. The Kier molecular flexibility index (Phi) is 5.09. The maximum absolute atomic E-state index is 14.4. The highest BCUT2D eigenvalue weighted by Crippen LogP contribution is 2.30. The number of sulfonamides is 1. The molecule has 6 nitrogen and oxygen atoms in total. The Morgan fingerprint density at radius 3 is 2.43 bits per heavy atom. The number of hydrogen-bond donors (Lipinski definition) is 1. The lowest BCUT2D eigenvalue weighted by Gasteiger charge is -2.19. The van der Waals surface area contributed by atoms with E-state index in [9.17, 15) is 17.6 Å². The van der Waals surface area contributed by atoms with E-state index < -0.39 is 21.7 Å². The summed E-state index contributed by atoms with van der Waals surface area (Å²) in [6.45, 7) is 1.87. The van der Waals surface area contributed by atoms with Gasteiger partial charge in [0, 0.05) is 17.8 Å². The number of hydrogen-bond acceptors (Lipinski definition) is 4. The van der Waals surface area contributed by atoms with Gasteiger partial charge in [0.2, 0.25) is 0 Å². The van der Waals surface area contributed by atoms with Crippen molar-refractivity contribution >= 4 is 26.8 Å². The third kappa shape index (κ3) is 3.57. The molecule has 2 heterocycles. The molecule has 0 bridgehead atoms. The molecule has 2 aromatic heterocycles. The minimum atomic E-state index is -4.11. The van der Waals surface area contributed by atoms with Crippen molar-refractivity contribution in [1.29, 1.82) is 0 Å². The molecule has 0 aliphatic rings. The normalized spacial score (nSPS) is 12.6. The van der Waals surface area contributed by atoms with E-state index in [1.165, 1.54) is 36.7 Å². The lowest BCUT2D eigenvalue weighted by atomic mass is 10.1. The zero-order valence-electron chi connectivity index (χ0n) is 16.0. The number of nitrogens with one attached hydrogen (secondary N) is 1. The Labute approximate surface area is 173 Å². The monoisotopic (exact) mass is 423 g/mol. The highest BCUT2D eigenvalue weighted by molar-refractivity contribution is 7.90. The first-order valence-electron chi connectivity index (χ1n) is 9.20. The molecular formula is C22H18FN3O3S. The van der Waals surface area contributed by atoms with Crippen LogP contribution >= 0.6 is 0 Å². The van der Waals surface area contributed by atoms with E-state index in [1.807, 2.05) is 37.3 Å². The van der Waals surface area contributed by atoms with Crippen molar-refractivity contribution in [2.75, 3.05) is 0 Å². The van der Waals surface area contributed by atoms with Crippen molar-refractivity contribution in [2.24, 2.45) is 0 Å². The van der Waals surface area contributed by atoms with Crippen LogP contribution in [0.3, 0.4) is 0 Å². The van der Waals surface area contributed by atoms with Crippen molar-refractivity contribution in [3.63, 3.8) is 0 Å². The molecule has 2 aromatic carbocycles. The molecule has 0 fully saturated rings. The van der Waals surface area contributed by atoms with Crippen LogP contribution in [0.4, 0.5) is 4.39 Å². The molecule has 8 heteroatoms. The van der Waals surface area contributed by atoms with Crippen molar-refractivity contribution in [2.45, 2.75) is 17.9 Å². The standard InChI is InChI=1S/C22H18FN3O3S/c1-15(16-6-3-2-4-7-16)26-20-9-5-8-19(23)18(20)14-21(26)22(27)25-30(28,29)17-10-12-24-13-11-17/h2-15H,1H3,(H,25,27). The van der Waals surface area contributed by atoms with E-state index >= 15 is 0 Å². The Morgan fingerprint density at radius 1 is 1.03 bits per heavy atom. The number of aromatic nitrogens is 2. The van der Waals surface area contributed by atoms with Gasteiger partial charge in [0.25, 0.3) is 15.9 Å². The molecule has 152 valence electrons. The first-order chi connectivity index (χ1) is 14.4. The molecule has 0 aliphatic heterocycles. The second kappa shape index (κ2) is 7.72. The van der Waals surface area contributed by atoms with Crippen LogP contribution in [0, 0.1) is 5.82 Å². The van der Waals surface area contributed by atoms with E-state index in [2.05, 4.69) is 9.71 Å². The zero-order chi connectivity index (χ0) is 21.3. The van der Waals surface area contributed by atoms with Crippen molar-refractivity contribution in [1.82, 2.24) is 14.3 Å². The number of benzene rings is 2. The molecule has 0 saturated carbocycles. The fraction of sp³-hybridized carbons (Fsp3) is 0.0909. The summed E-state index contributed by atoms with van der Waals surface area (Å²) in [4.78, 5) is 16.7. The largest absolute Gasteiger partial charge is 0.329 e. The van der Waals surface area contributed by atoms with Crippen LogP contribution in [0.5, 0.6) is 0 Å². The van der Waals surface area contributed by atoms with Crippen LogP contribution in [-0.2, 0) is 10.0 Å². The summed E-state index contributed by atoms with van der Waals surface area (Å²) in [6.07, 6.45) is 2.64. The number of amides is 1. The summed E-state index contributed by atoms with van der Waals surface area (Å²) in [7, 11) is -4.11. The van der Waals surface area contributed by atoms with Crippen molar-refractivity contribution in [3.8, 4) is 0 Å². The van der Waals surface area contributed by atoms with E-state index in [0.29, 0.717) is 5.52 Å². The van der Waals surface area contributed by atoms with E-state index in [1.54, 1.807) is 16.7 Å². The molecule has 0 spiro atoms. The lowest BCUT2D eigenvalue weighted by molar-refractivity contribution is 0.0972. The predicted molar refractivity (Wildman–Crippen MR) is 111 cm³/mol. The highest BCUT2D eigenvalue weighted by atomic mass is 32.2. The topological polar surface area (TPSA) is 81.1 Å². The summed E-state index contributed by atoms with van der Waals surface area (Å²) in [5.74, 6) is -1.33. The number of halogens is 1. The molecule has 1 atom stereocenters. The minimum Gasteiger partial charge on any atom is -0.329 e. The van der Waals surface area contributed by atoms with Gasteiger partial charge >= 0.3 is 0 Å². The van der Waals surface area contributed by atoms with Gasteiger partial charge in [-0.2, -0.15) is 0 Å². The van der Waals surface area contributed by atoms with Gasteiger partial charge < -0.3 is 4.57 Å². The molecule has 0 radical (unpaired) electrons. The molecule has 1 unspecified atom stereocenters. The highest BCUT2D eigenvalue weighted by Gasteiger charge is 2.25. The summed E-state index contributed by atoms with van der Waals surface area (Å²) in [6, 6.07) is 17.6. The second-order valence-electron chi connectivity index (χ2n) is 6.78. The second-order valence-corrected chi connectivity index (χ2v) is 8.46. The molecule has 1 amide bonds. The number of carbonyl (C=O) groups is 1. The van der Waals surface area contributed by atoms with Crippen LogP contribution in [-0.4, -0.2) is 23.9 Å². The van der Waals surface area contributed by atoms with E-state index in [-0.39, 0.29) is 22.0 Å². The van der Waals surface area contributed by atoms with Crippen molar-refractivity contribution in [3.05, 3.63) is 96.2 Å². The zero-order valence-corrected chi connectivity index (χ0v) is 16.8. The quantitative estimate of drug-likeness (QED) is 0.528. The van der Waals surface area contributed by atoms with Gasteiger partial charge in [-0.1, -0.05) is 36.4 Å². The van der Waals surface area contributed by atoms with Crippen molar-refractivity contribution < 1.29 is 17.6 Å². The lowest BCUT2D eigenvalue weighted by Crippen LogP contribution is -2.32. The molecule has 4 aromatic rings. The minimum absolute atomic E-state index is 0.0454. The Bertz CT molecular complexity index is 1320. The molecule has 1 N–H and O–H groups in total. The van der Waals surface area contributed by atoms with Crippen LogP contribution in [0.25, 0.3) is 10.9 Å². The SMILES string of the molecule is CC(c1ccccc1)n1c(C(=O)NS(=O)(=O)c2ccncc2)cc2c(F)cccc21. The number of nitrogens with zero attached hydrogens (tertiary/aromatic N) is 2. The van der Waals surface area contributed by atoms with Gasteiger partial charge in [0.15, 0.2) is 0 Å². The van der Waals surface area contributed by atoms with Crippen LogP contribution in [0.1, 0.15) is 29.0 Å². The molecule has 0 saturated heterocycles. The van der Waals surface area contributed by atoms with Gasteiger partial charge in [-0.3, -0.25) is 9.78 Å². The van der Waals surface area contributed by atoms with E-state index in [0.717, 1.165) is 5.56 Å². The smallest absolute Gasteiger partial charge is 0.281 e. The van der Waals surface area contributed by atoms with Gasteiger partial charge in [-0.25, -0.2) is 17.5 Å². The predicted octanol–water partition coefficient (Wildman–Crippen LogP) is 3.90. The van der Waals surface area contributed by atoms with Crippen LogP contribution in [0.2, 0.25) is 0 Å². The maximum atomic E-state index is 14.4. The fourth-order valence-corrected chi connectivity index (χ4v) is 4.38. The molecule has 30 heavy (non-hydrogen) atoms. The summed E-state index contributed by atoms with van der Waals surface area (Å²) >= 11 is 0. The Morgan fingerprint density at radius 2 is 1.73 bits per heavy atom. The van der Waals surface area contributed by atoms with Crippen LogP contribution in [0.15, 0.2) is 84.0 Å². The summed E-state index contributed by atoms with van der Waals surface area (Å²) in [5, 5.41) is 0.242. The first-order valence-corrected chi connectivity index (χ1v) is 10.7. The Balaban J connectivity index is 1.82.